The van der Waals surface area contributed by atoms with Crippen molar-refractivity contribution in [3.63, 3.8) is 0 Å². The van der Waals surface area contributed by atoms with E-state index < -0.39 is 5.60 Å². The van der Waals surface area contributed by atoms with Crippen molar-refractivity contribution in [2.75, 3.05) is 11.9 Å². The Morgan fingerprint density at radius 3 is 2.95 bits per heavy atom. The summed E-state index contributed by atoms with van der Waals surface area (Å²) in [5.74, 6) is 0. The largest absolute Gasteiger partial charge is 0.388 e. The third-order valence-electron chi connectivity index (χ3n) is 3.67. The normalized spacial score (nSPS) is 16.9. The lowest BCUT2D eigenvalue weighted by molar-refractivity contribution is -0.0287. The smallest absolute Gasteiger partial charge is 0.319 e. The summed E-state index contributed by atoms with van der Waals surface area (Å²) < 4.78 is 0. The average Bonchev–Trinajstić information content (AvgIpc) is 2.81. The lowest BCUT2D eigenvalue weighted by atomic mass is 9.80. The fourth-order valence-corrected chi connectivity index (χ4v) is 2.31. The van der Waals surface area contributed by atoms with Gasteiger partial charge < -0.3 is 20.7 Å². The maximum Gasteiger partial charge on any atom is 0.319 e. The number of anilines is 1. The number of aliphatic hydroxyl groups is 1. The van der Waals surface area contributed by atoms with Crippen molar-refractivity contribution >= 4 is 22.6 Å². The molecule has 19 heavy (non-hydrogen) atoms. The Labute approximate surface area is 111 Å². The van der Waals surface area contributed by atoms with Gasteiger partial charge in [0.15, 0.2) is 0 Å². The summed E-state index contributed by atoms with van der Waals surface area (Å²) in [5, 5.41) is 16.4. The standard InChI is InChI=1S/C14H17N3O2/c18-13(16-9-14(19)5-1-6-14)17-11-2-3-12-10(8-11)4-7-15-12/h2-4,7-8,15,19H,1,5-6,9H2,(H2,16,17,18). The fourth-order valence-electron chi connectivity index (χ4n) is 2.31. The van der Waals surface area contributed by atoms with E-state index in [0.717, 1.165) is 35.9 Å². The van der Waals surface area contributed by atoms with Crippen molar-refractivity contribution in [3.05, 3.63) is 30.5 Å². The first-order valence-electron chi connectivity index (χ1n) is 6.49. The van der Waals surface area contributed by atoms with Gasteiger partial charge in [0.05, 0.1) is 5.60 Å². The van der Waals surface area contributed by atoms with Gasteiger partial charge in [-0.1, -0.05) is 0 Å². The minimum atomic E-state index is -0.693. The van der Waals surface area contributed by atoms with Crippen LogP contribution < -0.4 is 10.6 Å². The van der Waals surface area contributed by atoms with E-state index in [4.69, 9.17) is 0 Å². The Hall–Kier alpha value is -2.01. The minimum absolute atomic E-state index is 0.282. The molecule has 5 heteroatoms. The number of rotatable bonds is 3. The maximum atomic E-state index is 11.7. The van der Waals surface area contributed by atoms with Crippen LogP contribution in [0.1, 0.15) is 19.3 Å². The van der Waals surface area contributed by atoms with Crippen LogP contribution in [-0.4, -0.2) is 28.3 Å². The molecule has 0 aliphatic heterocycles. The van der Waals surface area contributed by atoms with Gasteiger partial charge in [0, 0.05) is 29.3 Å². The predicted molar refractivity (Wildman–Crippen MR) is 74.1 cm³/mol. The number of benzene rings is 1. The van der Waals surface area contributed by atoms with E-state index in [1.807, 2.05) is 30.5 Å². The zero-order valence-corrected chi connectivity index (χ0v) is 10.6. The topological polar surface area (TPSA) is 77.2 Å². The van der Waals surface area contributed by atoms with Crippen LogP contribution in [0.15, 0.2) is 30.5 Å². The van der Waals surface area contributed by atoms with Crippen molar-refractivity contribution in [2.45, 2.75) is 24.9 Å². The molecule has 0 spiro atoms. The number of hydrogen-bond acceptors (Lipinski definition) is 2. The van der Waals surface area contributed by atoms with E-state index in [0.29, 0.717) is 6.54 Å². The summed E-state index contributed by atoms with van der Waals surface area (Å²) >= 11 is 0. The highest BCUT2D eigenvalue weighted by Gasteiger charge is 2.34. The van der Waals surface area contributed by atoms with Crippen LogP contribution >= 0.6 is 0 Å². The Morgan fingerprint density at radius 2 is 2.21 bits per heavy atom. The zero-order valence-electron chi connectivity index (χ0n) is 10.6. The van der Waals surface area contributed by atoms with Crippen LogP contribution in [0.3, 0.4) is 0 Å². The highest BCUT2D eigenvalue weighted by atomic mass is 16.3. The SMILES string of the molecule is O=C(NCC1(O)CCC1)Nc1ccc2[nH]ccc2c1. The number of carbonyl (C=O) groups excluding carboxylic acids is 1. The first-order valence-corrected chi connectivity index (χ1v) is 6.49. The van der Waals surface area contributed by atoms with Crippen LogP contribution in [0.4, 0.5) is 10.5 Å². The van der Waals surface area contributed by atoms with Crippen LogP contribution in [0.2, 0.25) is 0 Å². The van der Waals surface area contributed by atoms with Crippen LogP contribution in [-0.2, 0) is 0 Å². The molecule has 0 saturated heterocycles. The minimum Gasteiger partial charge on any atom is -0.388 e. The summed E-state index contributed by atoms with van der Waals surface area (Å²) in [6.45, 7) is 0.311. The number of aromatic amines is 1. The quantitative estimate of drug-likeness (QED) is 0.682. The molecule has 0 bridgehead atoms. The Balaban J connectivity index is 1.59. The maximum absolute atomic E-state index is 11.7. The fraction of sp³-hybridized carbons (Fsp3) is 0.357. The number of amides is 2. The van der Waals surface area contributed by atoms with Gasteiger partial charge in [-0.3, -0.25) is 0 Å². The van der Waals surface area contributed by atoms with Crippen molar-refractivity contribution in [3.8, 4) is 0 Å². The molecule has 0 atom stereocenters. The molecule has 0 unspecified atom stereocenters. The average molecular weight is 259 g/mol. The molecule has 100 valence electrons. The molecular formula is C14H17N3O2. The molecule has 1 aromatic heterocycles. The number of fused-ring (bicyclic) bond motifs is 1. The zero-order chi connectivity index (χ0) is 13.3. The molecule has 1 aliphatic rings. The van der Waals surface area contributed by atoms with E-state index in [1.165, 1.54) is 0 Å². The first kappa shape index (κ1) is 12.0. The van der Waals surface area contributed by atoms with Crippen LogP contribution in [0.5, 0.6) is 0 Å². The number of H-pyrrole nitrogens is 1. The number of nitrogens with one attached hydrogen (secondary N) is 3. The number of hydrogen-bond donors (Lipinski definition) is 4. The van der Waals surface area contributed by atoms with E-state index in [9.17, 15) is 9.90 Å². The van der Waals surface area contributed by atoms with Crippen LogP contribution in [0.25, 0.3) is 10.9 Å². The second kappa shape index (κ2) is 4.59. The molecule has 3 rings (SSSR count). The van der Waals surface area contributed by atoms with E-state index in [-0.39, 0.29) is 6.03 Å². The highest BCUT2D eigenvalue weighted by Crippen LogP contribution is 2.30. The Bertz CT molecular complexity index is 602. The van der Waals surface area contributed by atoms with Crippen molar-refractivity contribution in [1.82, 2.24) is 10.3 Å². The molecule has 1 aromatic carbocycles. The first-order chi connectivity index (χ1) is 9.15. The molecule has 0 radical (unpaired) electrons. The second-order valence-corrected chi connectivity index (χ2v) is 5.17. The summed E-state index contributed by atoms with van der Waals surface area (Å²) in [4.78, 5) is 14.8. The van der Waals surface area contributed by atoms with Gasteiger partial charge in [0.2, 0.25) is 0 Å². The third-order valence-corrected chi connectivity index (χ3v) is 3.67. The molecule has 2 aromatic rings. The lowest BCUT2D eigenvalue weighted by Crippen LogP contribution is -2.48. The molecule has 1 aliphatic carbocycles. The van der Waals surface area contributed by atoms with E-state index >= 15 is 0 Å². The van der Waals surface area contributed by atoms with E-state index in [1.54, 1.807) is 0 Å². The highest BCUT2D eigenvalue weighted by molar-refractivity contribution is 5.92. The summed E-state index contributed by atoms with van der Waals surface area (Å²) in [6.07, 6.45) is 4.43. The molecule has 5 nitrogen and oxygen atoms in total. The Kier molecular flexibility index (Phi) is 2.91. The third kappa shape index (κ3) is 2.56. The van der Waals surface area contributed by atoms with Crippen molar-refractivity contribution in [2.24, 2.45) is 0 Å². The van der Waals surface area contributed by atoms with E-state index in [2.05, 4.69) is 15.6 Å². The predicted octanol–water partition coefficient (Wildman–Crippen LogP) is 2.20. The summed E-state index contributed by atoms with van der Waals surface area (Å²) in [6, 6.07) is 7.34. The molecule has 1 fully saturated rings. The monoisotopic (exact) mass is 259 g/mol. The Morgan fingerprint density at radius 1 is 1.37 bits per heavy atom. The van der Waals surface area contributed by atoms with Gasteiger partial charge in [-0.05, 0) is 43.5 Å². The van der Waals surface area contributed by atoms with Gasteiger partial charge in [-0.2, -0.15) is 0 Å². The molecule has 1 heterocycles. The van der Waals surface area contributed by atoms with Crippen molar-refractivity contribution in [1.29, 1.82) is 0 Å². The lowest BCUT2D eigenvalue weighted by Gasteiger charge is -2.36. The second-order valence-electron chi connectivity index (χ2n) is 5.17. The number of urea groups is 1. The summed E-state index contributed by atoms with van der Waals surface area (Å²) in [7, 11) is 0. The van der Waals surface area contributed by atoms with Crippen LogP contribution in [0, 0.1) is 0 Å². The van der Waals surface area contributed by atoms with Gasteiger partial charge in [-0.25, -0.2) is 4.79 Å². The van der Waals surface area contributed by atoms with Gasteiger partial charge in [-0.15, -0.1) is 0 Å². The number of aromatic nitrogens is 1. The number of carbonyl (C=O) groups is 1. The van der Waals surface area contributed by atoms with Gasteiger partial charge in [0.25, 0.3) is 0 Å². The van der Waals surface area contributed by atoms with Crippen molar-refractivity contribution < 1.29 is 9.90 Å². The van der Waals surface area contributed by atoms with Gasteiger partial charge in [0.1, 0.15) is 0 Å². The summed E-state index contributed by atoms with van der Waals surface area (Å²) in [5.41, 5.74) is 1.09. The molecule has 4 N–H and O–H groups in total. The molecule has 2 amide bonds. The molecular weight excluding hydrogens is 242 g/mol. The molecule has 1 saturated carbocycles. The van der Waals surface area contributed by atoms with Gasteiger partial charge >= 0.3 is 6.03 Å².